The van der Waals surface area contributed by atoms with E-state index in [4.69, 9.17) is 5.11 Å². The van der Waals surface area contributed by atoms with Crippen LogP contribution < -0.4 is 5.32 Å². The molecule has 0 bridgehead atoms. The molecule has 0 spiro atoms. The van der Waals surface area contributed by atoms with Crippen LogP contribution in [-0.4, -0.2) is 41.5 Å². The van der Waals surface area contributed by atoms with E-state index in [1.54, 1.807) is 6.92 Å². The lowest BCUT2D eigenvalue weighted by molar-refractivity contribution is -0.141. The Morgan fingerprint density at radius 1 is 1.30 bits per heavy atom. The summed E-state index contributed by atoms with van der Waals surface area (Å²) in [7, 11) is 0. The molecule has 0 saturated carbocycles. The highest BCUT2D eigenvalue weighted by Crippen LogP contribution is 2.07. The molecule has 5 nitrogen and oxygen atoms in total. The van der Waals surface area contributed by atoms with E-state index in [9.17, 15) is 9.59 Å². The van der Waals surface area contributed by atoms with Gasteiger partial charge in [0, 0.05) is 33.1 Å². The first-order valence-corrected chi connectivity index (χ1v) is 6.72. The Hall–Kier alpha value is -1.88. The van der Waals surface area contributed by atoms with Crippen molar-refractivity contribution in [2.75, 3.05) is 19.6 Å². The van der Waals surface area contributed by atoms with Crippen molar-refractivity contribution in [3.63, 3.8) is 0 Å². The van der Waals surface area contributed by atoms with E-state index in [-0.39, 0.29) is 5.91 Å². The van der Waals surface area contributed by atoms with Crippen LogP contribution in [0.1, 0.15) is 19.4 Å². The predicted molar refractivity (Wildman–Crippen MR) is 77.2 cm³/mol. The van der Waals surface area contributed by atoms with E-state index in [0.29, 0.717) is 26.2 Å². The van der Waals surface area contributed by atoms with E-state index in [0.717, 1.165) is 5.56 Å². The molecule has 20 heavy (non-hydrogen) atoms. The van der Waals surface area contributed by atoms with E-state index >= 15 is 0 Å². The fraction of sp³-hybridized carbons (Fsp3) is 0.467. The maximum Gasteiger partial charge on any atom is 0.307 e. The largest absolute Gasteiger partial charge is 0.481 e. The summed E-state index contributed by atoms with van der Waals surface area (Å²) in [5.74, 6) is -1.31. The SMILES string of the molecule is CC(=O)NCCN(Cc1ccccc1)CC(C)C(=O)O. The highest BCUT2D eigenvalue weighted by atomic mass is 16.4. The van der Waals surface area contributed by atoms with E-state index in [1.165, 1.54) is 6.92 Å². The van der Waals surface area contributed by atoms with Crippen LogP contribution in [0.3, 0.4) is 0 Å². The minimum absolute atomic E-state index is 0.0732. The van der Waals surface area contributed by atoms with Gasteiger partial charge in [-0.1, -0.05) is 37.3 Å². The average Bonchev–Trinajstić information content (AvgIpc) is 2.39. The van der Waals surface area contributed by atoms with Crippen LogP contribution in [0.4, 0.5) is 0 Å². The van der Waals surface area contributed by atoms with Crippen molar-refractivity contribution in [2.45, 2.75) is 20.4 Å². The molecule has 0 fully saturated rings. The number of carbonyl (C=O) groups excluding carboxylic acids is 1. The standard InChI is InChI=1S/C15H22N2O3/c1-12(15(19)20)10-17(9-8-16-13(2)18)11-14-6-4-3-5-7-14/h3-7,12H,8-11H2,1-2H3,(H,16,18)(H,19,20). The number of aliphatic carboxylic acids is 1. The van der Waals surface area contributed by atoms with Gasteiger partial charge >= 0.3 is 5.97 Å². The number of rotatable bonds is 8. The molecule has 110 valence electrons. The second kappa shape index (κ2) is 8.32. The number of hydrogen-bond donors (Lipinski definition) is 2. The Morgan fingerprint density at radius 3 is 2.50 bits per heavy atom. The van der Waals surface area contributed by atoms with Crippen LogP contribution in [0.5, 0.6) is 0 Å². The average molecular weight is 278 g/mol. The number of nitrogens with zero attached hydrogens (tertiary/aromatic N) is 1. The summed E-state index contributed by atoms with van der Waals surface area (Å²) in [6, 6.07) is 9.89. The van der Waals surface area contributed by atoms with E-state index in [1.807, 2.05) is 35.2 Å². The summed E-state index contributed by atoms with van der Waals surface area (Å²) in [6.45, 7) is 5.46. The third-order valence-corrected chi connectivity index (χ3v) is 3.00. The number of carbonyl (C=O) groups is 2. The number of carboxylic acids is 1. The molecule has 1 atom stereocenters. The van der Waals surface area contributed by atoms with Crippen LogP contribution in [0.2, 0.25) is 0 Å². The first-order chi connectivity index (χ1) is 9.49. The molecular formula is C15H22N2O3. The van der Waals surface area contributed by atoms with Crippen molar-refractivity contribution in [2.24, 2.45) is 5.92 Å². The van der Waals surface area contributed by atoms with Crippen molar-refractivity contribution in [3.05, 3.63) is 35.9 Å². The predicted octanol–water partition coefficient (Wildman–Crippen LogP) is 1.35. The zero-order chi connectivity index (χ0) is 15.0. The molecule has 1 unspecified atom stereocenters. The molecule has 1 rings (SSSR count). The van der Waals surface area contributed by atoms with Gasteiger partial charge in [0.25, 0.3) is 0 Å². The number of carboxylic acid groups (broad SMARTS) is 1. The summed E-state index contributed by atoms with van der Waals surface area (Å²) in [6.07, 6.45) is 0. The van der Waals surface area contributed by atoms with Gasteiger partial charge < -0.3 is 10.4 Å². The van der Waals surface area contributed by atoms with Crippen LogP contribution in [-0.2, 0) is 16.1 Å². The lowest BCUT2D eigenvalue weighted by Crippen LogP contribution is -2.37. The van der Waals surface area contributed by atoms with Gasteiger partial charge in [-0.3, -0.25) is 14.5 Å². The Kier molecular flexibility index (Phi) is 6.73. The van der Waals surface area contributed by atoms with Crippen LogP contribution in [0.15, 0.2) is 30.3 Å². The minimum Gasteiger partial charge on any atom is -0.481 e. The third kappa shape index (κ3) is 6.33. The molecule has 0 aliphatic rings. The van der Waals surface area contributed by atoms with Crippen molar-refractivity contribution < 1.29 is 14.7 Å². The number of hydrogen-bond acceptors (Lipinski definition) is 3. The maximum atomic E-state index is 11.0. The minimum atomic E-state index is -0.803. The van der Waals surface area contributed by atoms with Gasteiger partial charge in [0.1, 0.15) is 0 Å². The first kappa shape index (κ1) is 16.2. The monoisotopic (exact) mass is 278 g/mol. The molecule has 0 heterocycles. The summed E-state index contributed by atoms with van der Waals surface area (Å²) >= 11 is 0. The Balaban J connectivity index is 2.58. The summed E-state index contributed by atoms with van der Waals surface area (Å²) < 4.78 is 0. The maximum absolute atomic E-state index is 11.0. The second-order valence-corrected chi connectivity index (χ2v) is 4.94. The second-order valence-electron chi connectivity index (χ2n) is 4.94. The summed E-state index contributed by atoms with van der Waals surface area (Å²) in [5.41, 5.74) is 1.13. The first-order valence-electron chi connectivity index (χ1n) is 6.72. The molecule has 0 saturated heterocycles. The molecule has 1 aromatic rings. The third-order valence-electron chi connectivity index (χ3n) is 3.00. The van der Waals surface area contributed by atoms with Crippen LogP contribution in [0.25, 0.3) is 0 Å². The zero-order valence-electron chi connectivity index (χ0n) is 12.0. The van der Waals surface area contributed by atoms with E-state index in [2.05, 4.69) is 5.32 Å². The van der Waals surface area contributed by atoms with Gasteiger partial charge in [0.2, 0.25) is 5.91 Å². The summed E-state index contributed by atoms with van der Waals surface area (Å²) in [4.78, 5) is 23.9. The number of nitrogens with one attached hydrogen (secondary N) is 1. The number of benzene rings is 1. The molecule has 1 amide bonds. The van der Waals surface area contributed by atoms with Gasteiger partial charge in [-0.25, -0.2) is 0 Å². The van der Waals surface area contributed by atoms with Crippen molar-refractivity contribution in [3.8, 4) is 0 Å². The Morgan fingerprint density at radius 2 is 1.95 bits per heavy atom. The van der Waals surface area contributed by atoms with Gasteiger partial charge in [0.05, 0.1) is 5.92 Å². The van der Waals surface area contributed by atoms with Gasteiger partial charge in [-0.05, 0) is 5.56 Å². The van der Waals surface area contributed by atoms with Crippen molar-refractivity contribution in [1.29, 1.82) is 0 Å². The fourth-order valence-corrected chi connectivity index (χ4v) is 1.93. The van der Waals surface area contributed by atoms with Gasteiger partial charge in [0.15, 0.2) is 0 Å². The normalized spacial score (nSPS) is 12.2. The van der Waals surface area contributed by atoms with Crippen LogP contribution in [0, 0.1) is 5.92 Å². The molecule has 0 aliphatic carbocycles. The van der Waals surface area contributed by atoms with Crippen LogP contribution >= 0.6 is 0 Å². The lowest BCUT2D eigenvalue weighted by Gasteiger charge is -2.24. The lowest BCUT2D eigenvalue weighted by atomic mass is 10.1. The molecule has 0 radical (unpaired) electrons. The molecule has 0 aromatic heterocycles. The van der Waals surface area contributed by atoms with Gasteiger partial charge in [-0.15, -0.1) is 0 Å². The smallest absolute Gasteiger partial charge is 0.307 e. The highest BCUT2D eigenvalue weighted by molar-refractivity contribution is 5.72. The molecule has 0 aliphatic heterocycles. The quantitative estimate of drug-likeness (QED) is 0.753. The molecular weight excluding hydrogens is 256 g/mol. The Bertz CT molecular complexity index is 434. The topological polar surface area (TPSA) is 69.6 Å². The molecule has 2 N–H and O–H groups in total. The molecule has 5 heteroatoms. The molecule has 1 aromatic carbocycles. The van der Waals surface area contributed by atoms with Gasteiger partial charge in [-0.2, -0.15) is 0 Å². The van der Waals surface area contributed by atoms with Crippen molar-refractivity contribution >= 4 is 11.9 Å². The summed E-state index contributed by atoms with van der Waals surface area (Å²) in [5, 5.41) is 11.8. The van der Waals surface area contributed by atoms with E-state index < -0.39 is 11.9 Å². The number of amides is 1. The highest BCUT2D eigenvalue weighted by Gasteiger charge is 2.16. The van der Waals surface area contributed by atoms with Crippen molar-refractivity contribution in [1.82, 2.24) is 10.2 Å². The Labute approximate surface area is 119 Å². The fourth-order valence-electron chi connectivity index (χ4n) is 1.93. The zero-order valence-corrected chi connectivity index (χ0v) is 12.0.